The van der Waals surface area contributed by atoms with Gasteiger partial charge in [-0.05, 0) is 12.5 Å². The predicted octanol–water partition coefficient (Wildman–Crippen LogP) is 1.94. The summed E-state index contributed by atoms with van der Waals surface area (Å²) in [5.74, 6) is 0. The van der Waals surface area contributed by atoms with Gasteiger partial charge in [0.15, 0.2) is 0 Å². The Morgan fingerprint density at radius 2 is 2.25 bits per heavy atom. The van der Waals surface area contributed by atoms with Gasteiger partial charge in [-0.3, -0.25) is 0 Å². The lowest BCUT2D eigenvalue weighted by molar-refractivity contribution is 1.06. The first-order valence-electron chi connectivity index (χ1n) is 3.18. The Morgan fingerprint density at radius 3 is 2.67 bits per heavy atom. The van der Waals surface area contributed by atoms with E-state index in [0.717, 1.165) is 0 Å². The second-order valence-electron chi connectivity index (χ2n) is 2.19. The smallest absolute Gasteiger partial charge is 0.312 e. The van der Waals surface area contributed by atoms with Gasteiger partial charge in [0.25, 0.3) is 0 Å². The number of hydrogen-bond donors (Lipinski definition) is 1. The maximum Gasteiger partial charge on any atom is 0.344 e. The molecule has 0 aliphatic heterocycles. The van der Waals surface area contributed by atoms with E-state index in [1.54, 1.807) is 6.92 Å². The maximum absolute atomic E-state index is 10.6. The Labute approximate surface area is 79.0 Å². The number of allylic oxidation sites excluding steroid dienone is 1. The van der Waals surface area contributed by atoms with Crippen LogP contribution in [-0.4, -0.2) is 9.97 Å². The number of nitrogens with zero attached hydrogens (tertiary/aromatic N) is 1. The van der Waals surface area contributed by atoms with Gasteiger partial charge < -0.3 is 4.98 Å². The van der Waals surface area contributed by atoms with Crippen LogP contribution in [0.4, 0.5) is 0 Å². The third kappa shape index (κ3) is 2.09. The van der Waals surface area contributed by atoms with Crippen LogP contribution in [0, 0.1) is 0 Å². The first-order chi connectivity index (χ1) is 5.61. The molecule has 0 atom stereocenters. The van der Waals surface area contributed by atoms with Crippen LogP contribution in [-0.2, 0) is 0 Å². The summed E-state index contributed by atoms with van der Waals surface area (Å²) in [5.41, 5.74) is 0.994. The minimum atomic E-state index is -0.391. The maximum atomic E-state index is 10.6. The van der Waals surface area contributed by atoms with E-state index in [4.69, 9.17) is 23.2 Å². The molecule has 0 radical (unpaired) electrons. The third-order valence-electron chi connectivity index (χ3n) is 1.39. The molecule has 0 aromatic carbocycles. The molecule has 1 rings (SSSR count). The predicted molar refractivity (Wildman–Crippen MR) is 49.2 cm³/mol. The highest BCUT2D eigenvalue weighted by Gasteiger charge is 1.99. The molecule has 0 saturated carbocycles. The van der Waals surface area contributed by atoms with E-state index in [-0.39, 0.29) is 4.49 Å². The number of halogens is 2. The molecular weight excluding hydrogens is 199 g/mol. The van der Waals surface area contributed by atoms with E-state index < -0.39 is 5.69 Å². The zero-order valence-corrected chi connectivity index (χ0v) is 7.78. The van der Waals surface area contributed by atoms with Crippen molar-refractivity contribution in [2.24, 2.45) is 0 Å². The number of aromatic nitrogens is 2. The Hall–Kier alpha value is -0.800. The van der Waals surface area contributed by atoms with Crippen molar-refractivity contribution < 1.29 is 0 Å². The second-order valence-corrected chi connectivity index (χ2v) is 3.14. The van der Waals surface area contributed by atoms with Crippen LogP contribution in [0.3, 0.4) is 0 Å². The lowest BCUT2D eigenvalue weighted by Gasteiger charge is -1.98. The molecular formula is C7H6Cl2N2O. The fourth-order valence-electron chi connectivity index (χ4n) is 0.656. The Bertz CT molecular complexity index is 345. The van der Waals surface area contributed by atoms with E-state index in [1.165, 1.54) is 12.4 Å². The lowest BCUT2D eigenvalue weighted by Crippen LogP contribution is -2.08. The van der Waals surface area contributed by atoms with E-state index in [9.17, 15) is 4.79 Å². The molecule has 0 aliphatic rings. The summed E-state index contributed by atoms with van der Waals surface area (Å²) in [5, 5.41) is 0. The number of rotatable bonds is 1. The normalized spacial score (nSPS) is 9.58. The molecule has 0 bridgehead atoms. The fourth-order valence-corrected chi connectivity index (χ4v) is 0.875. The molecule has 5 heteroatoms. The summed E-state index contributed by atoms with van der Waals surface area (Å²) in [7, 11) is 0. The second kappa shape index (κ2) is 3.74. The molecule has 0 fully saturated rings. The zero-order valence-electron chi connectivity index (χ0n) is 6.27. The SMILES string of the molecule is CC(=C(Cl)Cl)c1cnc(=O)[nH]c1. The van der Waals surface area contributed by atoms with Crippen molar-refractivity contribution in [3.05, 3.63) is 32.9 Å². The number of hydrogen-bond acceptors (Lipinski definition) is 2. The van der Waals surface area contributed by atoms with Crippen LogP contribution < -0.4 is 5.69 Å². The van der Waals surface area contributed by atoms with Crippen molar-refractivity contribution in [3.63, 3.8) is 0 Å². The van der Waals surface area contributed by atoms with Gasteiger partial charge in [0.05, 0.1) is 0 Å². The van der Waals surface area contributed by atoms with Crippen LogP contribution in [0.5, 0.6) is 0 Å². The molecule has 0 saturated heterocycles. The highest BCUT2D eigenvalue weighted by molar-refractivity contribution is 6.58. The monoisotopic (exact) mass is 204 g/mol. The van der Waals surface area contributed by atoms with Gasteiger partial charge in [-0.15, -0.1) is 0 Å². The van der Waals surface area contributed by atoms with Crippen molar-refractivity contribution in [3.8, 4) is 0 Å². The van der Waals surface area contributed by atoms with Gasteiger partial charge in [0, 0.05) is 18.0 Å². The molecule has 1 aromatic heterocycles. The molecule has 3 nitrogen and oxygen atoms in total. The molecule has 0 unspecified atom stereocenters. The molecule has 0 spiro atoms. The lowest BCUT2D eigenvalue weighted by atomic mass is 10.2. The Kier molecular flexibility index (Phi) is 2.89. The van der Waals surface area contributed by atoms with Crippen LogP contribution in [0.15, 0.2) is 21.7 Å². The average Bonchev–Trinajstić information content (AvgIpc) is 2.04. The van der Waals surface area contributed by atoms with E-state index in [0.29, 0.717) is 11.1 Å². The minimum absolute atomic E-state index is 0.170. The van der Waals surface area contributed by atoms with E-state index in [1.807, 2.05) is 0 Å². The van der Waals surface area contributed by atoms with Gasteiger partial charge >= 0.3 is 5.69 Å². The van der Waals surface area contributed by atoms with E-state index in [2.05, 4.69) is 9.97 Å². The van der Waals surface area contributed by atoms with Crippen molar-refractivity contribution in [1.82, 2.24) is 9.97 Å². The summed E-state index contributed by atoms with van der Waals surface area (Å²) in [6.07, 6.45) is 2.92. The molecule has 1 heterocycles. The van der Waals surface area contributed by atoms with Crippen LogP contribution in [0.2, 0.25) is 0 Å². The van der Waals surface area contributed by atoms with Crippen LogP contribution >= 0.6 is 23.2 Å². The Morgan fingerprint density at radius 1 is 1.58 bits per heavy atom. The average molecular weight is 205 g/mol. The van der Waals surface area contributed by atoms with Crippen LogP contribution in [0.1, 0.15) is 12.5 Å². The van der Waals surface area contributed by atoms with Crippen molar-refractivity contribution >= 4 is 28.8 Å². The zero-order chi connectivity index (χ0) is 9.14. The largest absolute Gasteiger partial charge is 0.344 e. The van der Waals surface area contributed by atoms with Crippen molar-refractivity contribution in [1.29, 1.82) is 0 Å². The topological polar surface area (TPSA) is 45.8 Å². The first-order valence-corrected chi connectivity index (χ1v) is 3.94. The highest BCUT2D eigenvalue weighted by Crippen LogP contribution is 2.21. The highest BCUT2D eigenvalue weighted by atomic mass is 35.5. The fraction of sp³-hybridized carbons (Fsp3) is 0.143. The standard InChI is InChI=1S/C7H6Cl2N2O/c1-4(6(8)9)5-2-10-7(12)11-3-5/h2-3H,1H3,(H,10,11,12). The number of H-pyrrole nitrogens is 1. The van der Waals surface area contributed by atoms with Crippen molar-refractivity contribution in [2.75, 3.05) is 0 Å². The summed E-state index contributed by atoms with van der Waals surface area (Å²) in [6.45, 7) is 1.74. The molecule has 1 aromatic rings. The van der Waals surface area contributed by atoms with Gasteiger partial charge in [-0.1, -0.05) is 23.2 Å². The molecule has 12 heavy (non-hydrogen) atoms. The Balaban J connectivity index is 3.14. The molecule has 64 valence electrons. The number of nitrogens with one attached hydrogen (secondary N) is 1. The third-order valence-corrected chi connectivity index (χ3v) is 1.96. The molecule has 0 aliphatic carbocycles. The first kappa shape index (κ1) is 9.29. The van der Waals surface area contributed by atoms with Gasteiger partial charge in [-0.25, -0.2) is 9.78 Å². The summed E-state index contributed by atoms with van der Waals surface area (Å²) in [6, 6.07) is 0. The molecule has 0 amide bonds. The van der Waals surface area contributed by atoms with Gasteiger partial charge in [0.2, 0.25) is 0 Å². The van der Waals surface area contributed by atoms with Gasteiger partial charge in [-0.2, -0.15) is 0 Å². The quantitative estimate of drug-likeness (QED) is 0.761. The van der Waals surface area contributed by atoms with E-state index >= 15 is 0 Å². The summed E-state index contributed by atoms with van der Waals surface area (Å²) < 4.78 is 0.170. The van der Waals surface area contributed by atoms with Gasteiger partial charge in [0.1, 0.15) is 4.49 Å². The van der Waals surface area contributed by atoms with Crippen molar-refractivity contribution in [2.45, 2.75) is 6.92 Å². The minimum Gasteiger partial charge on any atom is -0.312 e. The number of aromatic amines is 1. The summed E-state index contributed by atoms with van der Waals surface area (Å²) >= 11 is 11.1. The van der Waals surface area contributed by atoms with Crippen LogP contribution in [0.25, 0.3) is 5.57 Å². The summed E-state index contributed by atoms with van der Waals surface area (Å²) in [4.78, 5) is 16.5. The molecule has 1 N–H and O–H groups in total.